The second kappa shape index (κ2) is 15.4. The monoisotopic (exact) mass is 865 g/mol. The molecule has 6 heteroatoms. The van der Waals surface area contributed by atoms with Gasteiger partial charge in [-0.25, -0.2) is 0 Å². The van der Waals surface area contributed by atoms with Gasteiger partial charge in [-0.2, -0.15) is 0 Å². The summed E-state index contributed by atoms with van der Waals surface area (Å²) in [5.41, 5.74) is 7.13. The zero-order valence-electron chi connectivity index (χ0n) is 28.0. The summed E-state index contributed by atoms with van der Waals surface area (Å²) in [5, 5.41) is 1.30. The zero-order valence-corrected chi connectivity index (χ0v) is 32.5. The van der Waals surface area contributed by atoms with Crippen molar-refractivity contribution < 1.29 is 28.9 Å². The Labute approximate surface area is 295 Å². The van der Waals surface area contributed by atoms with Crippen LogP contribution in [0, 0.1) is 29.8 Å². The molecule has 47 heavy (non-hydrogen) atoms. The minimum absolute atomic E-state index is 0. The first-order chi connectivity index (χ1) is 22.2. The van der Waals surface area contributed by atoms with E-state index in [9.17, 15) is 0 Å². The third-order valence-corrected chi connectivity index (χ3v) is 13.2. The second-order valence-electron chi connectivity index (χ2n) is 14.1. The van der Waals surface area contributed by atoms with E-state index < -0.39 is 13.3 Å². The predicted molar refractivity (Wildman–Crippen MR) is 191 cm³/mol. The first-order valence-electron chi connectivity index (χ1n) is 16.6. The number of rotatable bonds is 7. The molecule has 1 aliphatic carbocycles. The first kappa shape index (κ1) is 35.2. The van der Waals surface area contributed by atoms with Gasteiger partial charge >= 0.3 is 126 Å². The van der Waals surface area contributed by atoms with Crippen molar-refractivity contribution >= 4 is 39.6 Å². The standard InChI is InChI=1S/C23H19FNO.C18H24GeN.Ir/c24-23-17(9-10-21-22(23)18-7-3-4-8-20(18)26-21)19-14-16(11-12-25-19)13-15-5-1-2-6-15;1-14(2)11-16-12-18(15-9-7-6-8-10-15)20-13-17(16)19(3,4)5;/h3-4,7-8,10-12,14-15H,1-2,5-6,13H2;6-9,12-14H,11H2,1-5H3;/q2*-1;. The minimum Gasteiger partial charge on any atom is -0.500 e. The van der Waals surface area contributed by atoms with Gasteiger partial charge in [0.1, 0.15) is 5.58 Å². The number of para-hydroxylation sites is 1. The molecule has 245 valence electrons. The molecule has 3 aromatic carbocycles. The van der Waals surface area contributed by atoms with Crippen molar-refractivity contribution in [2.75, 3.05) is 0 Å². The molecule has 3 heterocycles. The predicted octanol–water partition coefficient (Wildman–Crippen LogP) is 10.6. The van der Waals surface area contributed by atoms with Gasteiger partial charge in [-0.05, 0) is 35.6 Å². The van der Waals surface area contributed by atoms with Gasteiger partial charge in [0.25, 0.3) is 0 Å². The maximum Gasteiger partial charge on any atom is 0.121 e. The molecule has 0 unspecified atom stereocenters. The van der Waals surface area contributed by atoms with Gasteiger partial charge in [0.2, 0.25) is 0 Å². The number of hydrogen-bond acceptors (Lipinski definition) is 3. The van der Waals surface area contributed by atoms with Gasteiger partial charge in [0.15, 0.2) is 0 Å². The van der Waals surface area contributed by atoms with E-state index in [2.05, 4.69) is 66.6 Å². The molecule has 0 aliphatic heterocycles. The van der Waals surface area contributed by atoms with Gasteiger partial charge in [-0.15, -0.1) is 12.1 Å². The molecule has 7 rings (SSSR count). The number of aromatic nitrogens is 2. The van der Waals surface area contributed by atoms with Gasteiger partial charge in [-0.1, -0.05) is 61.1 Å². The van der Waals surface area contributed by atoms with Crippen molar-refractivity contribution in [2.24, 2.45) is 11.8 Å². The topological polar surface area (TPSA) is 38.9 Å². The normalized spacial score (nSPS) is 13.5. The zero-order chi connectivity index (χ0) is 32.3. The van der Waals surface area contributed by atoms with Crippen LogP contribution >= 0.6 is 0 Å². The molecule has 1 aliphatic rings. The van der Waals surface area contributed by atoms with E-state index in [1.54, 1.807) is 16.7 Å². The second-order valence-corrected chi connectivity index (χ2v) is 24.6. The number of furan rings is 1. The molecule has 0 saturated heterocycles. The molecule has 0 bridgehead atoms. The number of nitrogens with zero attached hydrogens (tertiary/aromatic N) is 2. The Balaban J connectivity index is 0.000000188. The number of benzene rings is 3. The largest absolute Gasteiger partial charge is 0.500 e. The molecule has 3 aromatic heterocycles. The molecule has 3 nitrogen and oxygen atoms in total. The number of hydrogen-bond donors (Lipinski definition) is 0. The van der Waals surface area contributed by atoms with Crippen LogP contribution in [0.1, 0.15) is 50.7 Å². The van der Waals surface area contributed by atoms with Crippen LogP contribution in [0.25, 0.3) is 44.5 Å². The fourth-order valence-corrected chi connectivity index (χ4v) is 10.0. The Bertz CT molecular complexity index is 1940. The summed E-state index contributed by atoms with van der Waals surface area (Å²) in [7, 11) is 0. The van der Waals surface area contributed by atoms with Crippen molar-refractivity contribution in [3.8, 4) is 22.5 Å². The van der Waals surface area contributed by atoms with Gasteiger partial charge < -0.3 is 9.40 Å². The Kier molecular flexibility index (Phi) is 11.5. The molecule has 6 aromatic rings. The van der Waals surface area contributed by atoms with E-state index >= 15 is 4.39 Å². The summed E-state index contributed by atoms with van der Waals surface area (Å²) < 4.78 is 22.6. The molecule has 1 saturated carbocycles. The van der Waals surface area contributed by atoms with Crippen molar-refractivity contribution in [1.82, 2.24) is 9.97 Å². The van der Waals surface area contributed by atoms with E-state index in [0.717, 1.165) is 35.4 Å². The smallest absolute Gasteiger partial charge is 0.121 e. The van der Waals surface area contributed by atoms with E-state index in [1.807, 2.05) is 54.6 Å². The van der Waals surface area contributed by atoms with Crippen molar-refractivity contribution in [3.63, 3.8) is 0 Å². The van der Waals surface area contributed by atoms with Crippen LogP contribution in [0.5, 0.6) is 0 Å². The van der Waals surface area contributed by atoms with E-state index in [0.29, 0.717) is 33.7 Å². The van der Waals surface area contributed by atoms with Crippen LogP contribution in [0.3, 0.4) is 0 Å². The van der Waals surface area contributed by atoms with Crippen LogP contribution in [0.15, 0.2) is 89.6 Å². The Morgan fingerprint density at radius 2 is 1.68 bits per heavy atom. The van der Waals surface area contributed by atoms with E-state index in [4.69, 9.17) is 9.40 Å². The number of pyridine rings is 2. The van der Waals surface area contributed by atoms with Crippen molar-refractivity contribution in [3.05, 3.63) is 114 Å². The summed E-state index contributed by atoms with van der Waals surface area (Å²) in [4.78, 5) is 9.11. The third kappa shape index (κ3) is 8.31. The fourth-order valence-electron chi connectivity index (χ4n) is 6.67. The number of halogens is 1. The SMILES string of the molecule is CC(C)Cc1cc(-c2[c-]cccc2)nc[c]1[Ge]([CH3])([CH3])[CH3].Fc1c(-c2cc(CC3CCCC3)ccn2)[c-]cc2oc3ccccc3c12.[Ir]. The fraction of sp³-hybridized carbons (Fsp3) is 0.317. The molecule has 0 amide bonds. The molecule has 1 radical (unpaired) electrons. The van der Waals surface area contributed by atoms with Crippen molar-refractivity contribution in [2.45, 2.75) is 69.6 Å². The van der Waals surface area contributed by atoms with Crippen LogP contribution < -0.4 is 4.40 Å². The summed E-state index contributed by atoms with van der Waals surface area (Å²) in [6.45, 7) is 4.57. The van der Waals surface area contributed by atoms with E-state index in [1.165, 1.54) is 36.8 Å². The van der Waals surface area contributed by atoms with Crippen LogP contribution in [-0.2, 0) is 32.9 Å². The van der Waals surface area contributed by atoms with Gasteiger partial charge in [0, 0.05) is 37.5 Å². The molecular weight excluding hydrogens is 820 g/mol. The van der Waals surface area contributed by atoms with Crippen LogP contribution in [-0.4, -0.2) is 23.2 Å². The molecule has 0 atom stereocenters. The summed E-state index contributed by atoms with van der Waals surface area (Å²) in [5.74, 6) is 8.44. The van der Waals surface area contributed by atoms with E-state index in [-0.39, 0.29) is 25.9 Å². The van der Waals surface area contributed by atoms with Crippen molar-refractivity contribution in [1.29, 1.82) is 0 Å². The quantitative estimate of drug-likeness (QED) is 0.119. The van der Waals surface area contributed by atoms with Gasteiger partial charge in [-0.3, -0.25) is 4.39 Å². The Morgan fingerprint density at radius 3 is 2.40 bits per heavy atom. The Hall–Kier alpha value is -3.12. The minimum atomic E-state index is -1.86. The Morgan fingerprint density at radius 1 is 0.915 bits per heavy atom. The summed E-state index contributed by atoms with van der Waals surface area (Å²) >= 11 is -1.86. The first-order valence-corrected chi connectivity index (χ1v) is 23.9. The van der Waals surface area contributed by atoms with Gasteiger partial charge in [0.05, 0.1) is 5.58 Å². The maximum atomic E-state index is 15.3. The molecular formula is C41H43FGeIrN2O-2. The van der Waals surface area contributed by atoms with Crippen LogP contribution in [0.4, 0.5) is 4.39 Å². The number of fused-ring (bicyclic) bond motifs is 3. The molecule has 1 fully saturated rings. The molecule has 0 N–H and O–H groups in total. The average Bonchev–Trinajstić information content (AvgIpc) is 3.69. The van der Waals surface area contributed by atoms with Crippen LogP contribution in [0.2, 0.25) is 17.3 Å². The molecule has 0 spiro atoms. The average molecular weight is 864 g/mol. The maximum absolute atomic E-state index is 15.3. The summed E-state index contributed by atoms with van der Waals surface area (Å²) in [6, 6.07) is 30.0. The third-order valence-electron chi connectivity index (χ3n) is 8.90. The summed E-state index contributed by atoms with van der Waals surface area (Å²) in [6.07, 6.45) is 11.4.